The molecule has 0 aliphatic rings. The summed E-state index contributed by atoms with van der Waals surface area (Å²) in [5.41, 5.74) is 0. The standard InChI is InChI=1S/C26H54NO5P/c1-6-7-8-9-10-11-12-13-14-15-16-17-18-19-22-31-25-26(30-5)20-24-33(28,29)32-23-21-27(2,3)4/h20,24,26H,6-19,21-23,25H2,1-5H3/b24-20+/t26-/m0/s1. The fraction of sp³-hybridized carbons (Fsp3) is 0.923. The molecule has 2 atom stereocenters. The Bertz CT molecular complexity index is 507. The largest absolute Gasteiger partial charge is 0.775 e. The lowest BCUT2D eigenvalue weighted by molar-refractivity contribution is -0.870. The molecule has 0 saturated heterocycles. The maximum absolute atomic E-state index is 12.0. The number of hydrogen-bond acceptors (Lipinski definition) is 5. The Morgan fingerprint density at radius 2 is 1.30 bits per heavy atom. The number of rotatable bonds is 24. The Morgan fingerprint density at radius 3 is 1.76 bits per heavy atom. The molecule has 0 aromatic heterocycles. The Balaban J connectivity index is 3.62. The van der Waals surface area contributed by atoms with Crippen LogP contribution in [0.1, 0.15) is 96.8 Å². The van der Waals surface area contributed by atoms with E-state index in [4.69, 9.17) is 14.0 Å². The molecule has 0 fully saturated rings. The van der Waals surface area contributed by atoms with Crippen molar-refractivity contribution in [2.24, 2.45) is 0 Å². The van der Waals surface area contributed by atoms with Gasteiger partial charge in [-0.1, -0.05) is 90.4 Å². The maximum Gasteiger partial charge on any atom is 0.157 e. The van der Waals surface area contributed by atoms with Gasteiger partial charge in [-0.25, -0.2) is 0 Å². The molecule has 0 spiro atoms. The third kappa shape index (κ3) is 24.7. The first-order chi connectivity index (χ1) is 15.7. The smallest absolute Gasteiger partial charge is 0.157 e. The van der Waals surface area contributed by atoms with Gasteiger partial charge in [0, 0.05) is 13.7 Å². The Labute approximate surface area is 205 Å². The van der Waals surface area contributed by atoms with Gasteiger partial charge in [0.25, 0.3) is 0 Å². The third-order valence-electron chi connectivity index (χ3n) is 5.74. The van der Waals surface area contributed by atoms with Crippen molar-refractivity contribution in [3.8, 4) is 0 Å². The summed E-state index contributed by atoms with van der Waals surface area (Å²) in [4.78, 5) is 12.0. The average molecular weight is 492 g/mol. The normalized spacial score (nSPS) is 15.2. The maximum atomic E-state index is 12.0. The van der Waals surface area contributed by atoms with Crippen LogP contribution in [0.25, 0.3) is 0 Å². The summed E-state index contributed by atoms with van der Waals surface area (Å²) < 4.78 is 28.6. The zero-order valence-electron chi connectivity index (χ0n) is 22.4. The first-order valence-corrected chi connectivity index (χ1v) is 14.9. The molecular formula is C26H54NO5P. The summed E-state index contributed by atoms with van der Waals surface area (Å²) in [5.74, 6) is 1.10. The minimum absolute atomic E-state index is 0.169. The second-order valence-electron chi connectivity index (χ2n) is 10.2. The van der Waals surface area contributed by atoms with Gasteiger partial charge < -0.3 is 27.9 Å². The summed E-state index contributed by atoms with van der Waals surface area (Å²) >= 11 is 0. The third-order valence-corrected chi connectivity index (χ3v) is 6.82. The second-order valence-corrected chi connectivity index (χ2v) is 11.8. The van der Waals surface area contributed by atoms with Crippen LogP contribution in [0.4, 0.5) is 0 Å². The molecule has 0 amide bonds. The summed E-state index contributed by atoms with van der Waals surface area (Å²) in [6.07, 6.45) is 19.8. The molecule has 7 heteroatoms. The average Bonchev–Trinajstić information content (AvgIpc) is 2.74. The van der Waals surface area contributed by atoms with E-state index in [-0.39, 0.29) is 12.7 Å². The van der Waals surface area contributed by atoms with Crippen molar-refractivity contribution in [1.29, 1.82) is 0 Å². The predicted molar refractivity (Wildman–Crippen MR) is 138 cm³/mol. The molecule has 0 aromatic carbocycles. The van der Waals surface area contributed by atoms with Gasteiger partial charge in [0.2, 0.25) is 0 Å². The van der Waals surface area contributed by atoms with Gasteiger partial charge in [0.1, 0.15) is 13.2 Å². The SMILES string of the molecule is CCCCCCCCCCCCCCCCOC[C@H](/C=C/P(=O)([O-])OCC[N+](C)(C)C)OC. The van der Waals surface area contributed by atoms with Crippen molar-refractivity contribution in [3.63, 3.8) is 0 Å². The molecule has 0 rings (SSSR count). The first kappa shape index (κ1) is 32.8. The monoisotopic (exact) mass is 491 g/mol. The van der Waals surface area contributed by atoms with Crippen LogP contribution >= 0.6 is 7.60 Å². The molecule has 33 heavy (non-hydrogen) atoms. The van der Waals surface area contributed by atoms with Crippen molar-refractivity contribution in [2.45, 2.75) is 103 Å². The molecule has 0 aliphatic carbocycles. The van der Waals surface area contributed by atoms with Crippen LogP contribution in [-0.2, 0) is 18.6 Å². The Morgan fingerprint density at radius 1 is 0.818 bits per heavy atom. The number of hydrogen-bond donors (Lipinski definition) is 0. The van der Waals surface area contributed by atoms with Gasteiger partial charge >= 0.3 is 0 Å². The van der Waals surface area contributed by atoms with Crippen LogP contribution in [0.2, 0.25) is 0 Å². The zero-order chi connectivity index (χ0) is 24.8. The molecule has 0 saturated carbocycles. The number of nitrogens with zero attached hydrogens (tertiary/aromatic N) is 1. The number of unbranched alkanes of at least 4 members (excludes halogenated alkanes) is 13. The number of ether oxygens (including phenoxy) is 2. The van der Waals surface area contributed by atoms with E-state index < -0.39 is 7.60 Å². The van der Waals surface area contributed by atoms with E-state index in [2.05, 4.69) is 6.92 Å². The van der Waals surface area contributed by atoms with E-state index in [1.807, 2.05) is 21.1 Å². The lowest BCUT2D eigenvalue weighted by atomic mass is 10.0. The summed E-state index contributed by atoms with van der Waals surface area (Å²) in [6.45, 7) is 4.09. The topological polar surface area (TPSA) is 67.8 Å². The molecule has 0 bridgehead atoms. The zero-order valence-corrected chi connectivity index (χ0v) is 23.3. The van der Waals surface area contributed by atoms with Gasteiger partial charge in [0.15, 0.2) is 7.60 Å². The lowest BCUT2D eigenvalue weighted by Crippen LogP contribution is -2.37. The van der Waals surface area contributed by atoms with Crippen LogP contribution in [-0.4, -0.2) is 65.2 Å². The van der Waals surface area contributed by atoms with Crippen molar-refractivity contribution >= 4 is 7.60 Å². The quantitative estimate of drug-likeness (QED) is 0.0902. The van der Waals surface area contributed by atoms with Gasteiger partial charge in [0.05, 0.1) is 33.9 Å². The molecule has 0 N–H and O–H groups in total. The summed E-state index contributed by atoms with van der Waals surface area (Å²) in [7, 11) is 3.53. The van der Waals surface area contributed by atoms with E-state index in [0.717, 1.165) is 12.2 Å². The highest BCUT2D eigenvalue weighted by Gasteiger charge is 2.11. The van der Waals surface area contributed by atoms with Crippen molar-refractivity contribution in [2.75, 3.05) is 54.6 Å². The minimum atomic E-state index is -4.00. The molecule has 0 aromatic rings. The fourth-order valence-corrected chi connectivity index (χ4v) is 4.31. The molecule has 1 unspecified atom stereocenters. The summed E-state index contributed by atoms with van der Waals surface area (Å²) in [5, 5.41) is 0. The number of likely N-dealkylation sites (N-methyl/N-ethyl adjacent to an activating group) is 1. The van der Waals surface area contributed by atoms with Crippen molar-refractivity contribution < 1.29 is 27.9 Å². The van der Waals surface area contributed by atoms with Crippen LogP contribution in [0, 0.1) is 0 Å². The summed E-state index contributed by atoms with van der Waals surface area (Å²) in [6, 6.07) is 0. The highest BCUT2D eigenvalue weighted by Crippen LogP contribution is 2.38. The van der Waals surface area contributed by atoms with Gasteiger partial charge in [-0.05, 0) is 18.3 Å². The minimum Gasteiger partial charge on any atom is -0.775 e. The van der Waals surface area contributed by atoms with Gasteiger partial charge in [-0.2, -0.15) is 0 Å². The number of quaternary nitrogens is 1. The Hall–Kier alpha value is -0.230. The molecular weight excluding hydrogens is 437 g/mol. The van der Waals surface area contributed by atoms with E-state index in [0.29, 0.717) is 24.2 Å². The van der Waals surface area contributed by atoms with E-state index >= 15 is 0 Å². The Kier molecular flexibility index (Phi) is 20.9. The second kappa shape index (κ2) is 21.1. The van der Waals surface area contributed by atoms with Gasteiger partial charge in [-0.3, -0.25) is 0 Å². The van der Waals surface area contributed by atoms with E-state index in [1.165, 1.54) is 89.5 Å². The molecule has 0 aliphatic heterocycles. The van der Waals surface area contributed by atoms with E-state index in [1.54, 1.807) is 7.11 Å². The van der Waals surface area contributed by atoms with Crippen LogP contribution < -0.4 is 4.89 Å². The predicted octanol–water partition coefficient (Wildman–Crippen LogP) is 6.29. The van der Waals surface area contributed by atoms with Crippen LogP contribution in [0.15, 0.2) is 11.9 Å². The molecule has 0 heterocycles. The van der Waals surface area contributed by atoms with E-state index in [9.17, 15) is 9.46 Å². The van der Waals surface area contributed by atoms with Crippen molar-refractivity contribution in [1.82, 2.24) is 0 Å². The molecule has 198 valence electrons. The lowest BCUT2D eigenvalue weighted by Gasteiger charge is -2.26. The molecule has 0 radical (unpaired) electrons. The van der Waals surface area contributed by atoms with Crippen molar-refractivity contribution in [3.05, 3.63) is 11.9 Å². The highest BCUT2D eigenvalue weighted by atomic mass is 31.2. The first-order valence-electron chi connectivity index (χ1n) is 13.3. The molecule has 6 nitrogen and oxygen atoms in total. The fourth-order valence-electron chi connectivity index (χ4n) is 3.49. The highest BCUT2D eigenvalue weighted by molar-refractivity contribution is 7.54. The van der Waals surface area contributed by atoms with Gasteiger partial charge in [-0.15, -0.1) is 0 Å². The number of methoxy groups -OCH3 is 1. The van der Waals surface area contributed by atoms with Crippen LogP contribution in [0.3, 0.4) is 0 Å². The van der Waals surface area contributed by atoms with Crippen LogP contribution in [0.5, 0.6) is 0 Å².